The zero-order valence-electron chi connectivity index (χ0n) is 16.3. The summed E-state index contributed by atoms with van der Waals surface area (Å²) in [4.78, 5) is 38.8. The van der Waals surface area contributed by atoms with Gasteiger partial charge in [-0.1, -0.05) is 23.7 Å². The second-order valence-corrected chi connectivity index (χ2v) is 7.70. The van der Waals surface area contributed by atoms with E-state index in [1.165, 1.54) is 6.42 Å². The van der Waals surface area contributed by atoms with Crippen molar-refractivity contribution in [1.29, 1.82) is 0 Å². The number of nitrogens with one attached hydrogen (secondary N) is 1. The monoisotopic (exact) mass is 412 g/mol. The molecule has 0 saturated carbocycles. The molecule has 1 aliphatic heterocycles. The maximum absolute atomic E-state index is 12.6. The zero-order valence-corrected chi connectivity index (χ0v) is 17.1. The Balaban J connectivity index is 1.48. The van der Waals surface area contributed by atoms with E-state index in [0.717, 1.165) is 31.5 Å². The average molecular weight is 413 g/mol. The van der Waals surface area contributed by atoms with Crippen LogP contribution in [0.1, 0.15) is 58.4 Å². The summed E-state index contributed by atoms with van der Waals surface area (Å²) in [6, 6.07) is 14.0. The van der Waals surface area contributed by atoms with Gasteiger partial charge in [-0.2, -0.15) is 0 Å². The van der Waals surface area contributed by atoms with Gasteiger partial charge in [0, 0.05) is 48.6 Å². The van der Waals surface area contributed by atoms with Gasteiger partial charge in [-0.25, -0.2) is 0 Å². The molecule has 1 heterocycles. The summed E-state index contributed by atoms with van der Waals surface area (Å²) in [6.45, 7) is 1.94. The lowest BCUT2D eigenvalue weighted by atomic mass is 10.1. The molecule has 5 nitrogen and oxygen atoms in total. The quantitative estimate of drug-likeness (QED) is 0.691. The molecule has 0 unspecified atom stereocenters. The largest absolute Gasteiger partial charge is 0.352 e. The maximum Gasteiger partial charge on any atom is 0.253 e. The topological polar surface area (TPSA) is 66.5 Å². The third kappa shape index (κ3) is 6.16. The summed E-state index contributed by atoms with van der Waals surface area (Å²) in [5, 5.41) is 3.39. The van der Waals surface area contributed by atoms with Crippen LogP contribution in [0.15, 0.2) is 48.5 Å². The van der Waals surface area contributed by atoms with E-state index in [4.69, 9.17) is 11.6 Å². The number of carbonyl (C=O) groups excluding carboxylic acids is 3. The molecule has 1 N–H and O–H groups in total. The lowest BCUT2D eigenvalue weighted by Crippen LogP contribution is -2.35. The SMILES string of the molecule is O=C(CCC(=O)c1ccc(Cl)cc1)NCc1cccc(C(=O)N2CCCCC2)c1. The number of ketones is 1. The molecule has 3 rings (SSSR count). The number of piperidine rings is 1. The van der Waals surface area contributed by atoms with Gasteiger partial charge in [-0.05, 0) is 61.2 Å². The van der Waals surface area contributed by atoms with Gasteiger partial charge >= 0.3 is 0 Å². The fourth-order valence-corrected chi connectivity index (χ4v) is 3.52. The molecule has 29 heavy (non-hydrogen) atoms. The number of Topliss-reactive ketones (excluding diaryl/α,β-unsaturated/α-hetero) is 1. The molecular formula is C23H25ClN2O3. The molecule has 2 aromatic carbocycles. The Bertz CT molecular complexity index is 874. The third-order valence-corrected chi connectivity index (χ3v) is 5.30. The van der Waals surface area contributed by atoms with Crippen LogP contribution in [-0.4, -0.2) is 35.6 Å². The van der Waals surface area contributed by atoms with Gasteiger partial charge in [0.05, 0.1) is 0 Å². The van der Waals surface area contributed by atoms with E-state index in [1.54, 1.807) is 24.3 Å². The Morgan fingerprint density at radius 1 is 0.897 bits per heavy atom. The lowest BCUT2D eigenvalue weighted by molar-refractivity contribution is -0.121. The molecule has 1 aliphatic rings. The van der Waals surface area contributed by atoms with Crippen LogP contribution in [0.4, 0.5) is 0 Å². The average Bonchev–Trinajstić information content (AvgIpc) is 2.77. The highest BCUT2D eigenvalue weighted by molar-refractivity contribution is 6.30. The van der Waals surface area contributed by atoms with E-state index in [9.17, 15) is 14.4 Å². The Morgan fingerprint density at radius 3 is 2.34 bits per heavy atom. The van der Waals surface area contributed by atoms with E-state index in [2.05, 4.69) is 5.32 Å². The van der Waals surface area contributed by atoms with Crippen LogP contribution in [-0.2, 0) is 11.3 Å². The Labute approximate surface area is 176 Å². The number of likely N-dealkylation sites (tertiary alicyclic amines) is 1. The van der Waals surface area contributed by atoms with Crippen molar-refractivity contribution in [3.63, 3.8) is 0 Å². The van der Waals surface area contributed by atoms with Gasteiger partial charge < -0.3 is 10.2 Å². The Kier molecular flexibility index (Phi) is 7.42. The van der Waals surface area contributed by atoms with Gasteiger partial charge in [-0.3, -0.25) is 14.4 Å². The van der Waals surface area contributed by atoms with Crippen molar-refractivity contribution in [1.82, 2.24) is 10.2 Å². The highest BCUT2D eigenvalue weighted by Gasteiger charge is 2.18. The van der Waals surface area contributed by atoms with Crippen LogP contribution >= 0.6 is 11.6 Å². The molecule has 0 bridgehead atoms. The lowest BCUT2D eigenvalue weighted by Gasteiger charge is -2.26. The number of carbonyl (C=O) groups is 3. The zero-order chi connectivity index (χ0) is 20.6. The van der Waals surface area contributed by atoms with Gasteiger partial charge in [0.15, 0.2) is 5.78 Å². The Morgan fingerprint density at radius 2 is 1.62 bits per heavy atom. The van der Waals surface area contributed by atoms with Crippen molar-refractivity contribution in [2.45, 2.75) is 38.6 Å². The predicted molar refractivity (Wildman–Crippen MR) is 113 cm³/mol. The first-order valence-corrected chi connectivity index (χ1v) is 10.3. The van der Waals surface area contributed by atoms with Crippen LogP contribution in [0.5, 0.6) is 0 Å². The van der Waals surface area contributed by atoms with Gasteiger partial charge in [0.2, 0.25) is 5.91 Å². The van der Waals surface area contributed by atoms with Gasteiger partial charge in [0.1, 0.15) is 0 Å². The molecule has 1 saturated heterocycles. The van der Waals surface area contributed by atoms with E-state index < -0.39 is 0 Å². The molecule has 2 aromatic rings. The predicted octanol–water partition coefficient (Wildman–Crippen LogP) is 4.25. The molecule has 1 fully saturated rings. The number of halogens is 1. The second kappa shape index (κ2) is 10.2. The molecular weight excluding hydrogens is 388 g/mol. The minimum Gasteiger partial charge on any atom is -0.352 e. The molecule has 0 aromatic heterocycles. The van der Waals surface area contributed by atoms with E-state index >= 15 is 0 Å². The molecule has 6 heteroatoms. The van der Waals surface area contributed by atoms with E-state index in [1.807, 2.05) is 29.2 Å². The minimum atomic E-state index is -0.194. The maximum atomic E-state index is 12.6. The molecule has 0 radical (unpaired) electrons. The number of hydrogen-bond acceptors (Lipinski definition) is 3. The highest BCUT2D eigenvalue weighted by Crippen LogP contribution is 2.15. The fraction of sp³-hybridized carbons (Fsp3) is 0.348. The molecule has 0 atom stereocenters. The summed E-state index contributed by atoms with van der Waals surface area (Å²) in [7, 11) is 0. The minimum absolute atomic E-state index is 0.0476. The molecule has 152 valence electrons. The standard InChI is InChI=1S/C23H25ClN2O3/c24-20-9-7-18(8-10-20)21(27)11-12-22(28)25-16-17-5-4-6-19(15-17)23(29)26-13-2-1-3-14-26/h4-10,15H,1-3,11-14,16H2,(H,25,28). The van der Waals surface area contributed by atoms with Crippen molar-refractivity contribution in [2.75, 3.05) is 13.1 Å². The van der Waals surface area contributed by atoms with Crippen molar-refractivity contribution in [2.24, 2.45) is 0 Å². The van der Waals surface area contributed by atoms with Crippen molar-refractivity contribution >= 4 is 29.2 Å². The summed E-state index contributed by atoms with van der Waals surface area (Å²) < 4.78 is 0. The Hall–Kier alpha value is -2.66. The molecule has 0 spiro atoms. The second-order valence-electron chi connectivity index (χ2n) is 7.26. The van der Waals surface area contributed by atoms with Crippen molar-refractivity contribution in [3.05, 3.63) is 70.2 Å². The summed E-state index contributed by atoms with van der Waals surface area (Å²) >= 11 is 5.82. The first-order valence-electron chi connectivity index (χ1n) is 9.96. The van der Waals surface area contributed by atoms with E-state index in [0.29, 0.717) is 22.7 Å². The van der Waals surface area contributed by atoms with Crippen LogP contribution in [0.25, 0.3) is 0 Å². The van der Waals surface area contributed by atoms with Crippen molar-refractivity contribution < 1.29 is 14.4 Å². The number of benzene rings is 2. The summed E-state index contributed by atoms with van der Waals surface area (Å²) in [5.74, 6) is -0.238. The summed E-state index contributed by atoms with van der Waals surface area (Å²) in [6.07, 6.45) is 3.54. The molecule has 0 aliphatic carbocycles. The number of amides is 2. The summed E-state index contributed by atoms with van der Waals surface area (Å²) in [5.41, 5.74) is 2.06. The van der Waals surface area contributed by atoms with Crippen LogP contribution in [0.3, 0.4) is 0 Å². The van der Waals surface area contributed by atoms with Crippen LogP contribution in [0.2, 0.25) is 5.02 Å². The number of rotatable bonds is 7. The number of nitrogens with zero attached hydrogens (tertiary/aromatic N) is 1. The number of hydrogen-bond donors (Lipinski definition) is 1. The first-order chi connectivity index (χ1) is 14.0. The van der Waals surface area contributed by atoms with Crippen molar-refractivity contribution in [3.8, 4) is 0 Å². The van der Waals surface area contributed by atoms with Crippen LogP contribution in [0, 0.1) is 0 Å². The van der Waals surface area contributed by atoms with Gasteiger partial charge in [-0.15, -0.1) is 0 Å². The van der Waals surface area contributed by atoms with Gasteiger partial charge in [0.25, 0.3) is 5.91 Å². The van der Waals surface area contributed by atoms with E-state index in [-0.39, 0.29) is 30.4 Å². The first kappa shape index (κ1) is 21.1. The normalized spacial score (nSPS) is 13.8. The third-order valence-electron chi connectivity index (χ3n) is 5.05. The fourth-order valence-electron chi connectivity index (χ4n) is 3.39. The van der Waals surface area contributed by atoms with Crippen LogP contribution < -0.4 is 5.32 Å². The highest BCUT2D eigenvalue weighted by atomic mass is 35.5. The molecule has 2 amide bonds. The smallest absolute Gasteiger partial charge is 0.253 e.